The molecule has 1 saturated heterocycles. The first-order valence-corrected chi connectivity index (χ1v) is 9.65. The molecule has 0 spiro atoms. The molecule has 0 bridgehead atoms. The maximum atomic E-state index is 13.2. The maximum Gasteiger partial charge on any atom is 0.257 e. The van der Waals surface area contributed by atoms with Crippen LogP contribution >= 0.6 is 12.4 Å². The summed E-state index contributed by atoms with van der Waals surface area (Å²) < 4.78 is 11.7. The van der Waals surface area contributed by atoms with Gasteiger partial charge in [-0.15, -0.1) is 12.4 Å². The normalized spacial score (nSPS) is 16.2. The van der Waals surface area contributed by atoms with E-state index in [1.807, 2.05) is 67.4 Å². The fraction of sp³-hybridized carbons (Fsp3) is 0.409. The zero-order valence-electron chi connectivity index (χ0n) is 16.5. The van der Waals surface area contributed by atoms with Crippen molar-refractivity contribution in [1.29, 1.82) is 0 Å². The van der Waals surface area contributed by atoms with Crippen molar-refractivity contribution in [2.75, 3.05) is 33.3 Å². The van der Waals surface area contributed by atoms with Crippen LogP contribution in [0.15, 0.2) is 48.5 Å². The van der Waals surface area contributed by atoms with Gasteiger partial charge < -0.3 is 19.7 Å². The van der Waals surface area contributed by atoms with Crippen LogP contribution in [0.5, 0.6) is 17.2 Å². The van der Waals surface area contributed by atoms with Crippen molar-refractivity contribution < 1.29 is 14.3 Å². The maximum absolute atomic E-state index is 13.2. The first-order valence-electron chi connectivity index (χ1n) is 9.65. The minimum absolute atomic E-state index is 0. The van der Waals surface area contributed by atoms with E-state index in [1.165, 1.54) is 0 Å². The van der Waals surface area contributed by atoms with Crippen LogP contribution < -0.4 is 14.8 Å². The van der Waals surface area contributed by atoms with Crippen molar-refractivity contribution in [3.8, 4) is 17.2 Å². The number of rotatable bonds is 7. The van der Waals surface area contributed by atoms with Crippen LogP contribution in [-0.4, -0.2) is 44.1 Å². The molecule has 1 aliphatic rings. The lowest BCUT2D eigenvalue weighted by Crippen LogP contribution is -2.42. The molecule has 1 amide bonds. The first kappa shape index (κ1) is 22.1. The third-order valence-electron chi connectivity index (χ3n) is 4.79. The largest absolute Gasteiger partial charge is 0.490 e. The van der Waals surface area contributed by atoms with Crippen LogP contribution in [0.1, 0.15) is 30.1 Å². The number of carbonyl (C=O) groups excluding carboxylic acids is 1. The second-order valence-corrected chi connectivity index (χ2v) is 6.80. The molecule has 2 aromatic carbocycles. The van der Waals surface area contributed by atoms with Gasteiger partial charge in [-0.3, -0.25) is 4.79 Å². The Bertz CT molecular complexity index is 767. The summed E-state index contributed by atoms with van der Waals surface area (Å²) in [5, 5.41) is 3.22. The predicted octanol–water partition coefficient (Wildman–Crippen LogP) is 4.37. The van der Waals surface area contributed by atoms with E-state index in [0.29, 0.717) is 35.3 Å². The highest BCUT2D eigenvalue weighted by molar-refractivity contribution is 5.97. The quantitative estimate of drug-likeness (QED) is 0.744. The highest BCUT2D eigenvalue weighted by atomic mass is 35.5. The molecular weight excluding hydrogens is 376 g/mol. The number of hydrogen-bond acceptors (Lipinski definition) is 4. The molecular formula is C22H29ClN2O3. The number of amides is 1. The SMILES string of the molecule is CCOc1ccccc1Oc1ccccc1C(=O)N1CCCC(CNC)C1.Cl. The van der Waals surface area contributed by atoms with Crippen molar-refractivity contribution in [2.24, 2.45) is 5.92 Å². The Morgan fingerprint density at radius 2 is 1.79 bits per heavy atom. The van der Waals surface area contributed by atoms with E-state index in [9.17, 15) is 4.79 Å². The van der Waals surface area contributed by atoms with Crippen LogP contribution in [0.25, 0.3) is 0 Å². The first-order chi connectivity index (χ1) is 13.2. The van der Waals surface area contributed by atoms with Gasteiger partial charge in [0.1, 0.15) is 5.75 Å². The van der Waals surface area contributed by atoms with E-state index in [4.69, 9.17) is 9.47 Å². The van der Waals surface area contributed by atoms with Crippen molar-refractivity contribution in [2.45, 2.75) is 19.8 Å². The Kier molecular flexibility index (Phi) is 8.61. The summed E-state index contributed by atoms with van der Waals surface area (Å²) in [6.45, 7) is 5.00. The van der Waals surface area contributed by atoms with E-state index in [1.54, 1.807) is 0 Å². The van der Waals surface area contributed by atoms with Gasteiger partial charge in [0.15, 0.2) is 11.5 Å². The van der Waals surface area contributed by atoms with E-state index in [0.717, 1.165) is 32.5 Å². The number of likely N-dealkylation sites (tertiary alicyclic amines) is 1. The summed E-state index contributed by atoms with van der Waals surface area (Å²) in [4.78, 5) is 15.1. The van der Waals surface area contributed by atoms with E-state index < -0.39 is 0 Å². The number of halogens is 1. The molecule has 5 nitrogen and oxygen atoms in total. The molecule has 0 radical (unpaired) electrons. The van der Waals surface area contributed by atoms with Crippen LogP contribution in [0.4, 0.5) is 0 Å². The Balaban J connectivity index is 0.00000280. The van der Waals surface area contributed by atoms with Gasteiger partial charge >= 0.3 is 0 Å². The number of piperidine rings is 1. The zero-order valence-corrected chi connectivity index (χ0v) is 17.3. The van der Waals surface area contributed by atoms with Gasteiger partial charge in [0, 0.05) is 13.1 Å². The number of ether oxygens (including phenoxy) is 2. The Hall–Kier alpha value is -2.24. The Morgan fingerprint density at radius 1 is 1.11 bits per heavy atom. The van der Waals surface area contributed by atoms with Gasteiger partial charge in [-0.25, -0.2) is 0 Å². The van der Waals surface area contributed by atoms with E-state index >= 15 is 0 Å². The third-order valence-corrected chi connectivity index (χ3v) is 4.79. The molecule has 152 valence electrons. The number of carbonyl (C=O) groups is 1. The second-order valence-electron chi connectivity index (χ2n) is 6.80. The van der Waals surface area contributed by atoms with Gasteiger partial charge in [0.25, 0.3) is 5.91 Å². The van der Waals surface area contributed by atoms with Crippen LogP contribution in [0, 0.1) is 5.92 Å². The fourth-order valence-corrected chi connectivity index (χ4v) is 3.54. The highest BCUT2D eigenvalue weighted by Crippen LogP contribution is 2.33. The number of nitrogens with zero attached hydrogens (tertiary/aromatic N) is 1. The molecule has 1 atom stereocenters. The number of nitrogens with one attached hydrogen (secondary N) is 1. The Labute approximate surface area is 173 Å². The minimum atomic E-state index is 0. The molecule has 1 heterocycles. The van der Waals surface area contributed by atoms with Crippen LogP contribution in [0.3, 0.4) is 0 Å². The number of hydrogen-bond donors (Lipinski definition) is 1. The van der Waals surface area contributed by atoms with Gasteiger partial charge in [-0.1, -0.05) is 24.3 Å². The molecule has 1 fully saturated rings. The third kappa shape index (κ3) is 5.40. The standard InChI is InChI=1S/C22H28N2O3.ClH/c1-3-26-20-12-6-7-13-21(20)27-19-11-5-4-10-18(19)22(25)24-14-8-9-17(16-24)15-23-2;/h4-7,10-13,17,23H,3,8-9,14-16H2,1-2H3;1H. The van der Waals surface area contributed by atoms with Crippen molar-refractivity contribution >= 4 is 18.3 Å². The summed E-state index contributed by atoms with van der Waals surface area (Å²) >= 11 is 0. The molecule has 0 aromatic heterocycles. The van der Waals surface area contributed by atoms with Crippen LogP contribution in [-0.2, 0) is 0 Å². The molecule has 28 heavy (non-hydrogen) atoms. The minimum Gasteiger partial charge on any atom is -0.490 e. The monoisotopic (exact) mass is 404 g/mol. The van der Waals surface area contributed by atoms with Gasteiger partial charge in [-0.2, -0.15) is 0 Å². The number of benzene rings is 2. The Morgan fingerprint density at radius 3 is 2.50 bits per heavy atom. The van der Waals surface area contributed by atoms with Crippen molar-refractivity contribution in [3.63, 3.8) is 0 Å². The van der Waals surface area contributed by atoms with Crippen molar-refractivity contribution in [3.05, 3.63) is 54.1 Å². The van der Waals surface area contributed by atoms with E-state index in [2.05, 4.69) is 5.32 Å². The lowest BCUT2D eigenvalue weighted by atomic mass is 9.97. The summed E-state index contributed by atoms with van der Waals surface area (Å²) in [5.74, 6) is 2.38. The average molecular weight is 405 g/mol. The molecule has 6 heteroatoms. The van der Waals surface area contributed by atoms with Gasteiger partial charge in [0.05, 0.1) is 12.2 Å². The molecule has 1 aliphatic heterocycles. The second kappa shape index (κ2) is 10.9. The smallest absolute Gasteiger partial charge is 0.257 e. The summed E-state index contributed by atoms with van der Waals surface area (Å²) in [5.41, 5.74) is 0.592. The summed E-state index contributed by atoms with van der Waals surface area (Å²) in [6.07, 6.45) is 2.19. The predicted molar refractivity (Wildman–Crippen MR) is 114 cm³/mol. The molecule has 2 aromatic rings. The molecule has 0 aliphatic carbocycles. The average Bonchev–Trinajstić information content (AvgIpc) is 2.70. The summed E-state index contributed by atoms with van der Waals surface area (Å²) in [6, 6.07) is 15.0. The molecule has 1 unspecified atom stereocenters. The lowest BCUT2D eigenvalue weighted by Gasteiger charge is -2.33. The number of para-hydroxylation sites is 3. The van der Waals surface area contributed by atoms with Gasteiger partial charge in [0.2, 0.25) is 0 Å². The lowest BCUT2D eigenvalue weighted by molar-refractivity contribution is 0.0671. The van der Waals surface area contributed by atoms with Crippen LogP contribution in [0.2, 0.25) is 0 Å². The zero-order chi connectivity index (χ0) is 19.1. The van der Waals surface area contributed by atoms with Crippen molar-refractivity contribution in [1.82, 2.24) is 10.2 Å². The molecule has 0 saturated carbocycles. The molecule has 3 rings (SSSR count). The van der Waals surface area contributed by atoms with Gasteiger partial charge in [-0.05, 0) is 63.5 Å². The molecule has 1 N–H and O–H groups in total. The topological polar surface area (TPSA) is 50.8 Å². The fourth-order valence-electron chi connectivity index (χ4n) is 3.54. The summed E-state index contributed by atoms with van der Waals surface area (Å²) in [7, 11) is 1.96. The highest BCUT2D eigenvalue weighted by Gasteiger charge is 2.26. The van der Waals surface area contributed by atoms with E-state index in [-0.39, 0.29) is 18.3 Å².